The Morgan fingerprint density at radius 3 is 1.90 bits per heavy atom. The van der Waals surface area contributed by atoms with Crippen LogP contribution >= 0.6 is 0 Å². The lowest BCUT2D eigenvalue weighted by molar-refractivity contribution is 0.661. The van der Waals surface area contributed by atoms with Gasteiger partial charge in [0.1, 0.15) is 0 Å². The van der Waals surface area contributed by atoms with E-state index in [0.717, 1.165) is 0 Å². The van der Waals surface area contributed by atoms with E-state index in [1.807, 2.05) is 0 Å². The Labute approximate surface area is 298 Å². The fourth-order valence-corrected chi connectivity index (χ4v) is 9.33. The highest BCUT2D eigenvalue weighted by molar-refractivity contribution is 6.22. The Hall–Kier alpha value is -6.24. The predicted octanol–water partition coefficient (Wildman–Crippen LogP) is 14.1. The quantitative estimate of drug-likeness (QED) is 0.179. The average molecular weight is 647 g/mol. The fourth-order valence-electron chi connectivity index (χ4n) is 9.33. The molecule has 0 amide bonds. The Balaban J connectivity index is 1.14. The van der Waals surface area contributed by atoms with E-state index in [4.69, 9.17) is 0 Å². The number of hydrogen-bond donors (Lipinski definition) is 0. The summed E-state index contributed by atoms with van der Waals surface area (Å²) < 4.78 is 0. The largest absolute Gasteiger partial charge is 0.0622 e. The zero-order valence-corrected chi connectivity index (χ0v) is 28.7. The van der Waals surface area contributed by atoms with Crippen LogP contribution in [0.2, 0.25) is 0 Å². The van der Waals surface area contributed by atoms with Gasteiger partial charge in [0.25, 0.3) is 0 Å². The summed E-state index contributed by atoms with van der Waals surface area (Å²) in [5, 5.41) is 7.78. The summed E-state index contributed by atoms with van der Waals surface area (Å²) in [5.74, 6) is 0. The van der Waals surface area contributed by atoms with Crippen molar-refractivity contribution in [2.45, 2.75) is 19.3 Å². The van der Waals surface area contributed by atoms with Crippen molar-refractivity contribution in [1.82, 2.24) is 0 Å². The summed E-state index contributed by atoms with van der Waals surface area (Å²) in [6.07, 6.45) is 0. The molecule has 9 aromatic carbocycles. The number of hydrogen-bond acceptors (Lipinski definition) is 0. The minimum atomic E-state index is -0.0321. The SMILES string of the molecule is CC1(C)c2ccccc2-c2cc3ccc(-c4ccc(-c5c6c(cc7ccccc57)-c5cccc7cccc-6c57)cc4-c4ccccc4)cc3cc21. The van der Waals surface area contributed by atoms with Crippen molar-refractivity contribution in [3.8, 4) is 66.8 Å². The summed E-state index contributed by atoms with van der Waals surface area (Å²) in [4.78, 5) is 0. The molecule has 2 aliphatic carbocycles. The van der Waals surface area contributed by atoms with Gasteiger partial charge in [-0.1, -0.05) is 153 Å². The molecule has 2 aliphatic rings. The van der Waals surface area contributed by atoms with Gasteiger partial charge in [-0.25, -0.2) is 0 Å². The molecule has 0 saturated carbocycles. The maximum Gasteiger partial charge on any atom is 0.0159 e. The first kappa shape index (κ1) is 28.6. The first-order chi connectivity index (χ1) is 25.0. The van der Waals surface area contributed by atoms with Gasteiger partial charge in [-0.05, 0) is 141 Å². The van der Waals surface area contributed by atoms with E-state index in [1.165, 1.54) is 110 Å². The number of rotatable bonds is 3. The van der Waals surface area contributed by atoms with Gasteiger partial charge in [0.05, 0.1) is 0 Å². The van der Waals surface area contributed by atoms with Gasteiger partial charge >= 0.3 is 0 Å². The molecule has 0 heterocycles. The maximum absolute atomic E-state index is 2.45. The van der Waals surface area contributed by atoms with Crippen LogP contribution in [0.4, 0.5) is 0 Å². The smallest absolute Gasteiger partial charge is 0.0159 e. The van der Waals surface area contributed by atoms with Crippen molar-refractivity contribution in [3.05, 3.63) is 181 Å². The van der Waals surface area contributed by atoms with Gasteiger partial charge in [0.2, 0.25) is 0 Å². The zero-order valence-electron chi connectivity index (χ0n) is 28.7. The minimum Gasteiger partial charge on any atom is -0.0622 e. The number of benzene rings is 9. The van der Waals surface area contributed by atoms with Crippen molar-refractivity contribution in [3.63, 3.8) is 0 Å². The molecular formula is C51H34. The molecule has 0 atom stereocenters. The van der Waals surface area contributed by atoms with E-state index in [9.17, 15) is 0 Å². The molecule has 0 nitrogen and oxygen atoms in total. The second-order valence-electron chi connectivity index (χ2n) is 14.9. The fraction of sp³-hybridized carbons (Fsp3) is 0.0588. The summed E-state index contributed by atoms with van der Waals surface area (Å²) in [7, 11) is 0. The highest BCUT2D eigenvalue weighted by Crippen LogP contribution is 2.54. The lowest BCUT2D eigenvalue weighted by atomic mass is 9.81. The lowest BCUT2D eigenvalue weighted by Gasteiger charge is -2.22. The highest BCUT2D eigenvalue weighted by Gasteiger charge is 2.35. The van der Waals surface area contributed by atoms with Crippen LogP contribution in [0, 0.1) is 0 Å². The van der Waals surface area contributed by atoms with Gasteiger partial charge in [0, 0.05) is 5.41 Å². The lowest BCUT2D eigenvalue weighted by Crippen LogP contribution is -2.14. The number of fused-ring (bicyclic) bond motifs is 8. The third-order valence-electron chi connectivity index (χ3n) is 11.8. The molecule has 0 heteroatoms. The Morgan fingerprint density at radius 2 is 1.02 bits per heavy atom. The molecule has 0 aromatic heterocycles. The molecule has 238 valence electrons. The van der Waals surface area contributed by atoms with Crippen LogP contribution in [0.5, 0.6) is 0 Å². The molecule has 0 unspecified atom stereocenters. The second-order valence-corrected chi connectivity index (χ2v) is 14.9. The molecule has 51 heavy (non-hydrogen) atoms. The van der Waals surface area contributed by atoms with Crippen LogP contribution in [0.15, 0.2) is 170 Å². The monoisotopic (exact) mass is 646 g/mol. The van der Waals surface area contributed by atoms with Crippen LogP contribution in [-0.2, 0) is 5.41 Å². The van der Waals surface area contributed by atoms with E-state index in [1.54, 1.807) is 0 Å². The van der Waals surface area contributed by atoms with Crippen LogP contribution in [0.1, 0.15) is 25.0 Å². The van der Waals surface area contributed by atoms with Crippen molar-refractivity contribution in [1.29, 1.82) is 0 Å². The minimum absolute atomic E-state index is 0.0321. The van der Waals surface area contributed by atoms with Crippen molar-refractivity contribution >= 4 is 32.3 Å². The summed E-state index contributed by atoms with van der Waals surface area (Å²) in [6.45, 7) is 4.73. The second kappa shape index (κ2) is 10.4. The first-order valence-corrected chi connectivity index (χ1v) is 18.0. The van der Waals surface area contributed by atoms with Crippen molar-refractivity contribution in [2.24, 2.45) is 0 Å². The molecule has 0 radical (unpaired) electrons. The molecule has 0 aliphatic heterocycles. The van der Waals surface area contributed by atoms with Gasteiger partial charge in [-0.2, -0.15) is 0 Å². The normalized spacial score (nSPS) is 13.5. The van der Waals surface area contributed by atoms with E-state index >= 15 is 0 Å². The maximum atomic E-state index is 2.45. The summed E-state index contributed by atoms with van der Waals surface area (Å²) in [5.41, 5.74) is 18.4. The van der Waals surface area contributed by atoms with Crippen molar-refractivity contribution < 1.29 is 0 Å². The average Bonchev–Trinajstić information content (AvgIpc) is 3.61. The molecule has 0 saturated heterocycles. The molecule has 11 rings (SSSR count). The summed E-state index contributed by atoms with van der Waals surface area (Å²) in [6, 6.07) is 63.7. The van der Waals surface area contributed by atoms with Gasteiger partial charge < -0.3 is 0 Å². The van der Waals surface area contributed by atoms with Gasteiger partial charge in [-0.15, -0.1) is 0 Å². The topological polar surface area (TPSA) is 0 Å². The molecule has 0 bridgehead atoms. The Kier molecular flexibility index (Phi) is 5.82. The standard InChI is InChI=1S/C51H34/c1-51(2)46-21-9-8-18-40(46)44-27-33-22-23-35(26-37(33)30-47(44)51)38-25-24-36(29-43(38)31-12-4-3-5-13-31)49-39-17-7-6-14-34(39)28-45-41-19-10-15-32-16-11-20-42(48(32)41)50(45)49/h3-30H,1-2H3. The van der Waals surface area contributed by atoms with E-state index in [2.05, 4.69) is 184 Å². The predicted molar refractivity (Wildman–Crippen MR) is 217 cm³/mol. The Morgan fingerprint density at radius 1 is 0.314 bits per heavy atom. The van der Waals surface area contributed by atoms with Gasteiger partial charge in [-0.3, -0.25) is 0 Å². The molecule has 0 N–H and O–H groups in total. The van der Waals surface area contributed by atoms with Crippen LogP contribution in [0.25, 0.3) is 99.1 Å². The Bertz CT molecular complexity index is 2920. The molecule has 0 spiro atoms. The molecule has 0 fully saturated rings. The highest BCUT2D eigenvalue weighted by atomic mass is 14.4. The van der Waals surface area contributed by atoms with E-state index in [-0.39, 0.29) is 5.41 Å². The third kappa shape index (κ3) is 4.02. The summed E-state index contributed by atoms with van der Waals surface area (Å²) >= 11 is 0. The van der Waals surface area contributed by atoms with Crippen LogP contribution in [0.3, 0.4) is 0 Å². The third-order valence-corrected chi connectivity index (χ3v) is 11.8. The van der Waals surface area contributed by atoms with E-state index < -0.39 is 0 Å². The first-order valence-electron chi connectivity index (χ1n) is 18.0. The molecular weight excluding hydrogens is 613 g/mol. The van der Waals surface area contributed by atoms with Gasteiger partial charge in [0.15, 0.2) is 0 Å². The van der Waals surface area contributed by atoms with Crippen molar-refractivity contribution in [2.75, 3.05) is 0 Å². The molecule has 9 aromatic rings. The van der Waals surface area contributed by atoms with Crippen LogP contribution in [-0.4, -0.2) is 0 Å². The van der Waals surface area contributed by atoms with Crippen LogP contribution < -0.4 is 0 Å². The van der Waals surface area contributed by atoms with E-state index in [0.29, 0.717) is 0 Å². The zero-order chi connectivity index (χ0) is 33.8.